The number of nitrogens with one attached hydrogen (secondary N) is 1. The standard InChI is InChI=1S/C15H16N4O7/c1-15(24)11(23)8(5-20)26-14(15)19-4-7(2-3-9(21)22)10-12(18-25)16-6-17-13(10)19/h4,6,8,11,14,20,23-25H,5H2,1H3,(H,21,22)(H,16,17,18)/t8-,11-,14-,15-/m1/s1. The molecule has 1 aliphatic rings. The van der Waals surface area contributed by atoms with Crippen LogP contribution in [0.3, 0.4) is 0 Å². The van der Waals surface area contributed by atoms with Crippen LogP contribution in [0.2, 0.25) is 0 Å². The minimum atomic E-state index is -1.78. The van der Waals surface area contributed by atoms with Crippen molar-refractivity contribution < 1.29 is 35.2 Å². The fraction of sp³-hybridized carbons (Fsp3) is 0.400. The number of anilines is 1. The first kappa shape index (κ1) is 18.1. The Labute approximate surface area is 146 Å². The van der Waals surface area contributed by atoms with Crippen LogP contribution >= 0.6 is 0 Å². The van der Waals surface area contributed by atoms with Crippen molar-refractivity contribution in [2.24, 2.45) is 0 Å². The number of aliphatic hydroxyl groups is 3. The molecule has 3 rings (SSSR count). The summed E-state index contributed by atoms with van der Waals surface area (Å²) in [6.45, 7) is 0.815. The van der Waals surface area contributed by atoms with Gasteiger partial charge in [-0.2, -0.15) is 0 Å². The predicted octanol–water partition coefficient (Wildman–Crippen LogP) is -1.33. The Bertz CT molecular complexity index is 914. The smallest absolute Gasteiger partial charge is 0.382 e. The zero-order valence-corrected chi connectivity index (χ0v) is 13.5. The van der Waals surface area contributed by atoms with Gasteiger partial charge >= 0.3 is 5.97 Å². The Morgan fingerprint density at radius 2 is 2.23 bits per heavy atom. The minimum absolute atomic E-state index is 0.0275. The van der Waals surface area contributed by atoms with Crippen molar-refractivity contribution in [1.82, 2.24) is 14.5 Å². The van der Waals surface area contributed by atoms with E-state index in [4.69, 9.17) is 9.84 Å². The van der Waals surface area contributed by atoms with Gasteiger partial charge in [-0.15, -0.1) is 0 Å². The van der Waals surface area contributed by atoms with Crippen LogP contribution in [0.4, 0.5) is 5.82 Å². The van der Waals surface area contributed by atoms with Crippen LogP contribution in [0.25, 0.3) is 11.0 Å². The van der Waals surface area contributed by atoms with E-state index < -0.39 is 36.6 Å². The maximum atomic E-state index is 10.8. The van der Waals surface area contributed by atoms with Gasteiger partial charge in [-0.3, -0.25) is 10.7 Å². The second-order valence-electron chi connectivity index (χ2n) is 5.92. The summed E-state index contributed by atoms with van der Waals surface area (Å²) in [7, 11) is 0. The van der Waals surface area contributed by atoms with Gasteiger partial charge in [0.05, 0.1) is 17.6 Å². The summed E-state index contributed by atoms with van der Waals surface area (Å²) >= 11 is 0. The van der Waals surface area contributed by atoms with Crippen LogP contribution < -0.4 is 5.48 Å². The molecule has 0 amide bonds. The quantitative estimate of drug-likeness (QED) is 0.283. The average Bonchev–Trinajstić information content (AvgIpc) is 3.08. The van der Waals surface area contributed by atoms with Crippen LogP contribution in [0.5, 0.6) is 0 Å². The van der Waals surface area contributed by atoms with E-state index in [0.29, 0.717) is 0 Å². The lowest BCUT2D eigenvalue weighted by atomic mass is 9.96. The number of aromatic nitrogens is 3. The van der Waals surface area contributed by atoms with E-state index in [9.17, 15) is 25.3 Å². The number of carbonyl (C=O) groups is 1. The van der Waals surface area contributed by atoms with E-state index in [1.165, 1.54) is 17.7 Å². The van der Waals surface area contributed by atoms with Crippen molar-refractivity contribution in [3.05, 3.63) is 18.1 Å². The molecule has 138 valence electrons. The van der Waals surface area contributed by atoms with Crippen molar-refractivity contribution in [3.8, 4) is 11.8 Å². The van der Waals surface area contributed by atoms with Gasteiger partial charge in [0.1, 0.15) is 29.8 Å². The predicted molar refractivity (Wildman–Crippen MR) is 85.1 cm³/mol. The molecular formula is C15H16N4O7. The lowest BCUT2D eigenvalue weighted by molar-refractivity contribution is -0.130. The zero-order valence-electron chi connectivity index (χ0n) is 13.5. The summed E-state index contributed by atoms with van der Waals surface area (Å²) in [5.41, 5.74) is 0.418. The van der Waals surface area contributed by atoms with Gasteiger partial charge in [-0.25, -0.2) is 14.8 Å². The molecule has 0 spiro atoms. The molecule has 3 heterocycles. The number of hydrogen-bond acceptors (Lipinski definition) is 9. The SMILES string of the molecule is C[C@@]1(O)[C@H](O)[C@@H](CO)O[C@H]1n1cc(C#CC(=O)O)c2c(NO)ncnc21. The third-order valence-electron chi connectivity index (χ3n) is 4.21. The van der Waals surface area contributed by atoms with Gasteiger partial charge in [0.15, 0.2) is 12.0 Å². The zero-order chi connectivity index (χ0) is 19.1. The topological polar surface area (TPSA) is 170 Å². The number of carboxylic acids is 1. The van der Waals surface area contributed by atoms with E-state index in [2.05, 4.69) is 15.9 Å². The highest BCUT2D eigenvalue weighted by molar-refractivity contribution is 5.95. The van der Waals surface area contributed by atoms with Crippen molar-refractivity contribution in [2.45, 2.75) is 31.0 Å². The fourth-order valence-corrected chi connectivity index (χ4v) is 2.95. The molecular weight excluding hydrogens is 348 g/mol. The maximum absolute atomic E-state index is 10.8. The van der Waals surface area contributed by atoms with Crippen LogP contribution in [0.15, 0.2) is 12.5 Å². The van der Waals surface area contributed by atoms with Gasteiger partial charge < -0.3 is 29.7 Å². The molecule has 4 atom stereocenters. The number of hydrogen-bond donors (Lipinski definition) is 6. The van der Waals surface area contributed by atoms with E-state index >= 15 is 0 Å². The summed E-state index contributed by atoms with van der Waals surface area (Å²) in [6.07, 6.45) is -1.06. The van der Waals surface area contributed by atoms with Crippen molar-refractivity contribution in [2.75, 3.05) is 12.1 Å². The number of fused-ring (bicyclic) bond motifs is 1. The largest absolute Gasteiger partial charge is 0.472 e. The fourth-order valence-electron chi connectivity index (χ4n) is 2.95. The molecule has 11 heteroatoms. The minimum Gasteiger partial charge on any atom is -0.472 e. The number of aliphatic hydroxyl groups excluding tert-OH is 2. The van der Waals surface area contributed by atoms with Crippen LogP contribution in [0.1, 0.15) is 18.7 Å². The Morgan fingerprint density at radius 1 is 1.50 bits per heavy atom. The second-order valence-corrected chi connectivity index (χ2v) is 5.92. The maximum Gasteiger partial charge on any atom is 0.382 e. The monoisotopic (exact) mass is 364 g/mol. The van der Waals surface area contributed by atoms with Gasteiger partial charge in [0, 0.05) is 12.1 Å². The van der Waals surface area contributed by atoms with Crippen LogP contribution in [0, 0.1) is 11.8 Å². The third-order valence-corrected chi connectivity index (χ3v) is 4.21. The van der Waals surface area contributed by atoms with Crippen LogP contribution in [-0.4, -0.2) is 70.6 Å². The lowest BCUT2D eigenvalue weighted by Gasteiger charge is -2.27. The third kappa shape index (κ3) is 2.75. The Hall–Kier alpha value is -2.75. The summed E-state index contributed by atoms with van der Waals surface area (Å²) in [4.78, 5) is 18.7. The molecule has 0 aliphatic carbocycles. The van der Waals surface area contributed by atoms with Gasteiger partial charge in [-0.1, -0.05) is 5.92 Å². The van der Waals surface area contributed by atoms with Crippen molar-refractivity contribution >= 4 is 22.8 Å². The highest BCUT2D eigenvalue weighted by Crippen LogP contribution is 2.40. The Balaban J connectivity index is 2.22. The average molecular weight is 364 g/mol. The molecule has 26 heavy (non-hydrogen) atoms. The van der Waals surface area contributed by atoms with Crippen molar-refractivity contribution in [1.29, 1.82) is 0 Å². The molecule has 1 fully saturated rings. The summed E-state index contributed by atoms with van der Waals surface area (Å²) < 4.78 is 6.89. The number of nitrogens with zero attached hydrogens (tertiary/aromatic N) is 3. The summed E-state index contributed by atoms with van der Waals surface area (Å²) in [6, 6.07) is 0. The number of carboxylic acid groups (broad SMARTS) is 1. The Morgan fingerprint density at radius 3 is 2.81 bits per heavy atom. The summed E-state index contributed by atoms with van der Waals surface area (Å²) in [5.74, 6) is 2.99. The van der Waals surface area contributed by atoms with E-state index in [-0.39, 0.29) is 22.4 Å². The van der Waals surface area contributed by atoms with E-state index in [1.54, 1.807) is 0 Å². The highest BCUT2D eigenvalue weighted by Gasteiger charge is 2.53. The first-order valence-electron chi connectivity index (χ1n) is 7.48. The first-order chi connectivity index (χ1) is 12.3. The van der Waals surface area contributed by atoms with Gasteiger partial charge in [-0.05, 0) is 6.92 Å². The molecule has 0 saturated carbocycles. The Kier molecular flexibility index (Phi) is 4.53. The molecule has 0 aromatic carbocycles. The molecule has 2 aromatic heterocycles. The van der Waals surface area contributed by atoms with Gasteiger partial charge in [0.25, 0.3) is 0 Å². The molecule has 1 saturated heterocycles. The number of rotatable bonds is 3. The van der Waals surface area contributed by atoms with Gasteiger partial charge in [0.2, 0.25) is 0 Å². The highest BCUT2D eigenvalue weighted by atomic mass is 16.6. The van der Waals surface area contributed by atoms with Crippen LogP contribution in [-0.2, 0) is 9.53 Å². The molecule has 1 aliphatic heterocycles. The van der Waals surface area contributed by atoms with E-state index in [0.717, 1.165) is 6.33 Å². The van der Waals surface area contributed by atoms with E-state index in [1.807, 2.05) is 11.4 Å². The van der Waals surface area contributed by atoms with Crippen molar-refractivity contribution in [3.63, 3.8) is 0 Å². The molecule has 2 aromatic rings. The lowest BCUT2D eigenvalue weighted by Crippen LogP contribution is -2.44. The molecule has 0 radical (unpaired) electrons. The molecule has 0 bridgehead atoms. The normalized spacial score (nSPS) is 28.0. The second kappa shape index (κ2) is 6.52. The first-order valence-corrected chi connectivity index (χ1v) is 7.48. The molecule has 6 N–H and O–H groups in total. The summed E-state index contributed by atoms with van der Waals surface area (Å²) in [5, 5.41) is 48.4. The molecule has 0 unspecified atom stereocenters. The molecule has 11 nitrogen and oxygen atoms in total. The number of aliphatic carboxylic acids is 1. The number of ether oxygens (including phenoxy) is 1.